The second-order valence-electron chi connectivity index (χ2n) is 5.33. The van der Waals surface area contributed by atoms with Crippen LogP contribution in [-0.2, 0) is 9.63 Å². The van der Waals surface area contributed by atoms with Crippen LogP contribution in [0.1, 0.15) is 46.5 Å². The van der Waals surface area contributed by atoms with Crippen LogP contribution in [0.4, 0.5) is 0 Å². The minimum atomic E-state index is -0.529. The van der Waals surface area contributed by atoms with Crippen molar-refractivity contribution in [3.05, 3.63) is 0 Å². The summed E-state index contributed by atoms with van der Waals surface area (Å²) >= 11 is 0. The van der Waals surface area contributed by atoms with E-state index in [9.17, 15) is 4.79 Å². The van der Waals surface area contributed by atoms with Crippen molar-refractivity contribution >= 4 is 5.91 Å². The molecular formula is C11H22N2O2. The van der Waals surface area contributed by atoms with E-state index in [-0.39, 0.29) is 17.4 Å². The molecule has 0 aromatic heterocycles. The molecule has 0 spiro atoms. The monoisotopic (exact) mass is 214 g/mol. The zero-order valence-electron chi connectivity index (χ0n) is 9.88. The highest BCUT2D eigenvalue weighted by atomic mass is 16.7. The molecule has 0 aromatic carbocycles. The molecule has 0 unspecified atom stereocenters. The first kappa shape index (κ1) is 12.5. The Morgan fingerprint density at radius 3 is 2.40 bits per heavy atom. The molecule has 0 saturated heterocycles. The summed E-state index contributed by atoms with van der Waals surface area (Å²) in [6.45, 7) is 5.81. The van der Waals surface area contributed by atoms with E-state index in [1.54, 1.807) is 0 Å². The van der Waals surface area contributed by atoms with Crippen molar-refractivity contribution in [3.63, 3.8) is 0 Å². The third-order valence-corrected chi connectivity index (χ3v) is 2.84. The number of carbonyl (C=O) groups is 1. The molecule has 1 fully saturated rings. The smallest absolute Gasteiger partial charge is 0.260 e. The van der Waals surface area contributed by atoms with E-state index in [1.807, 2.05) is 20.8 Å². The fourth-order valence-electron chi connectivity index (χ4n) is 1.60. The summed E-state index contributed by atoms with van der Waals surface area (Å²) in [6, 6.07) is -0.529. The Balaban J connectivity index is 2.29. The molecule has 0 aliphatic heterocycles. The van der Waals surface area contributed by atoms with Gasteiger partial charge in [-0.2, -0.15) is 0 Å². The lowest BCUT2D eigenvalue weighted by molar-refractivity contribution is -0.141. The molecule has 15 heavy (non-hydrogen) atoms. The maximum Gasteiger partial charge on any atom is 0.260 e. The quantitative estimate of drug-likeness (QED) is 0.697. The number of hydrogen-bond acceptors (Lipinski definition) is 3. The van der Waals surface area contributed by atoms with E-state index in [0.717, 1.165) is 12.8 Å². The summed E-state index contributed by atoms with van der Waals surface area (Å²) in [4.78, 5) is 16.9. The minimum Gasteiger partial charge on any atom is -0.319 e. The lowest BCUT2D eigenvalue weighted by Gasteiger charge is -2.26. The Morgan fingerprint density at radius 2 is 1.93 bits per heavy atom. The van der Waals surface area contributed by atoms with Gasteiger partial charge in [0, 0.05) is 0 Å². The molecule has 0 bridgehead atoms. The van der Waals surface area contributed by atoms with Crippen molar-refractivity contribution in [2.45, 2.75) is 58.6 Å². The molecule has 88 valence electrons. The molecule has 4 nitrogen and oxygen atoms in total. The highest BCUT2D eigenvalue weighted by molar-refractivity contribution is 5.81. The summed E-state index contributed by atoms with van der Waals surface area (Å²) < 4.78 is 0. The van der Waals surface area contributed by atoms with E-state index in [0.29, 0.717) is 0 Å². The molecular weight excluding hydrogens is 192 g/mol. The molecule has 1 aliphatic rings. The number of amides is 1. The fourth-order valence-corrected chi connectivity index (χ4v) is 1.60. The van der Waals surface area contributed by atoms with Crippen molar-refractivity contribution in [1.82, 2.24) is 5.48 Å². The predicted molar refractivity (Wildman–Crippen MR) is 58.9 cm³/mol. The first-order valence-corrected chi connectivity index (χ1v) is 5.62. The molecule has 1 aliphatic carbocycles. The second-order valence-corrected chi connectivity index (χ2v) is 5.33. The number of nitrogens with two attached hydrogens (primary N) is 1. The van der Waals surface area contributed by atoms with E-state index < -0.39 is 6.04 Å². The summed E-state index contributed by atoms with van der Waals surface area (Å²) in [6.07, 6.45) is 4.62. The zero-order chi connectivity index (χ0) is 11.5. The number of nitrogens with one attached hydrogen (secondary N) is 1. The third-order valence-electron chi connectivity index (χ3n) is 2.84. The van der Waals surface area contributed by atoms with Crippen LogP contribution < -0.4 is 11.2 Å². The van der Waals surface area contributed by atoms with Crippen LogP contribution in [0.3, 0.4) is 0 Å². The maximum atomic E-state index is 11.6. The van der Waals surface area contributed by atoms with Crippen molar-refractivity contribution < 1.29 is 9.63 Å². The van der Waals surface area contributed by atoms with E-state index in [1.165, 1.54) is 12.8 Å². The topological polar surface area (TPSA) is 64.4 Å². The van der Waals surface area contributed by atoms with Crippen molar-refractivity contribution in [2.24, 2.45) is 11.1 Å². The highest BCUT2D eigenvalue weighted by Gasteiger charge is 2.28. The van der Waals surface area contributed by atoms with Crippen LogP contribution >= 0.6 is 0 Å². The Kier molecular flexibility index (Phi) is 4.11. The van der Waals surface area contributed by atoms with Crippen LogP contribution in [-0.4, -0.2) is 18.1 Å². The Bertz CT molecular complexity index is 217. The highest BCUT2D eigenvalue weighted by Crippen LogP contribution is 2.21. The maximum absolute atomic E-state index is 11.6. The lowest BCUT2D eigenvalue weighted by Crippen LogP contribution is -2.49. The van der Waals surface area contributed by atoms with Gasteiger partial charge in [0.2, 0.25) is 0 Å². The second kappa shape index (κ2) is 4.94. The van der Waals surface area contributed by atoms with Gasteiger partial charge in [-0.15, -0.1) is 0 Å². The first-order chi connectivity index (χ1) is 6.91. The molecule has 1 rings (SSSR count). The van der Waals surface area contributed by atoms with E-state index >= 15 is 0 Å². The average molecular weight is 214 g/mol. The Labute approximate surface area is 91.5 Å². The van der Waals surface area contributed by atoms with Crippen molar-refractivity contribution in [2.75, 3.05) is 0 Å². The predicted octanol–water partition coefficient (Wildman–Crippen LogP) is 1.35. The van der Waals surface area contributed by atoms with Crippen LogP contribution in [0.15, 0.2) is 0 Å². The van der Waals surface area contributed by atoms with Crippen LogP contribution in [0.5, 0.6) is 0 Å². The van der Waals surface area contributed by atoms with Crippen LogP contribution in [0.2, 0.25) is 0 Å². The number of rotatable bonds is 3. The average Bonchev–Trinajstić information content (AvgIpc) is 2.63. The third kappa shape index (κ3) is 3.80. The summed E-state index contributed by atoms with van der Waals surface area (Å²) in [5, 5.41) is 0. The molecule has 4 heteroatoms. The molecule has 1 atom stereocenters. The number of hydrogen-bond donors (Lipinski definition) is 2. The molecule has 0 aromatic rings. The van der Waals surface area contributed by atoms with Crippen molar-refractivity contribution in [1.29, 1.82) is 0 Å². The van der Waals surface area contributed by atoms with Gasteiger partial charge in [-0.1, -0.05) is 33.6 Å². The Morgan fingerprint density at radius 1 is 1.40 bits per heavy atom. The normalized spacial score (nSPS) is 20.3. The summed E-state index contributed by atoms with van der Waals surface area (Å²) in [5.41, 5.74) is 8.02. The molecule has 0 radical (unpaired) electrons. The summed E-state index contributed by atoms with van der Waals surface area (Å²) in [7, 11) is 0. The Hall–Kier alpha value is -0.610. The van der Waals surface area contributed by atoms with Gasteiger partial charge in [-0.3, -0.25) is 9.63 Å². The standard InChI is InChI=1S/C11H22N2O2/c1-11(2,3)9(12)10(14)13-15-8-6-4-5-7-8/h8-9H,4-7,12H2,1-3H3,(H,13,14)/t9-/m1/s1. The minimum absolute atomic E-state index is 0.182. The molecule has 0 heterocycles. The van der Waals surface area contributed by atoms with Gasteiger partial charge in [-0.25, -0.2) is 5.48 Å². The first-order valence-electron chi connectivity index (χ1n) is 5.62. The van der Waals surface area contributed by atoms with Gasteiger partial charge in [-0.05, 0) is 18.3 Å². The van der Waals surface area contributed by atoms with E-state index in [2.05, 4.69) is 5.48 Å². The summed E-state index contributed by atoms with van der Waals surface area (Å²) in [5.74, 6) is -0.227. The largest absolute Gasteiger partial charge is 0.319 e. The van der Waals surface area contributed by atoms with Gasteiger partial charge in [0.15, 0.2) is 0 Å². The zero-order valence-corrected chi connectivity index (χ0v) is 9.88. The molecule has 3 N–H and O–H groups in total. The van der Waals surface area contributed by atoms with Crippen LogP contribution in [0.25, 0.3) is 0 Å². The number of hydroxylamine groups is 1. The van der Waals surface area contributed by atoms with E-state index in [4.69, 9.17) is 10.6 Å². The van der Waals surface area contributed by atoms with Crippen LogP contribution in [0, 0.1) is 5.41 Å². The molecule has 1 saturated carbocycles. The van der Waals surface area contributed by atoms with Gasteiger partial charge in [0.05, 0.1) is 12.1 Å². The number of carbonyl (C=O) groups excluding carboxylic acids is 1. The van der Waals surface area contributed by atoms with Gasteiger partial charge in [0.1, 0.15) is 0 Å². The van der Waals surface area contributed by atoms with Gasteiger partial charge in [0.25, 0.3) is 5.91 Å². The van der Waals surface area contributed by atoms with Gasteiger partial charge >= 0.3 is 0 Å². The van der Waals surface area contributed by atoms with Crippen molar-refractivity contribution in [3.8, 4) is 0 Å². The molecule has 1 amide bonds. The lowest BCUT2D eigenvalue weighted by atomic mass is 9.87. The SMILES string of the molecule is CC(C)(C)[C@H](N)C(=O)NOC1CCCC1. The fraction of sp³-hybridized carbons (Fsp3) is 0.909. The van der Waals surface area contributed by atoms with Gasteiger partial charge < -0.3 is 5.73 Å².